The molecule has 7 nitrogen and oxygen atoms in total. The van der Waals surface area contributed by atoms with E-state index in [0.717, 1.165) is 12.1 Å². The van der Waals surface area contributed by atoms with Crippen LogP contribution in [0.5, 0.6) is 0 Å². The third kappa shape index (κ3) is 3.92. The molecule has 1 aliphatic heterocycles. The van der Waals surface area contributed by atoms with E-state index in [1.165, 1.54) is 15.5 Å². The Morgan fingerprint density at radius 2 is 1.97 bits per heavy atom. The molecule has 1 aliphatic rings. The van der Waals surface area contributed by atoms with Crippen molar-refractivity contribution in [1.29, 1.82) is 0 Å². The van der Waals surface area contributed by atoms with E-state index in [-0.39, 0.29) is 23.9 Å². The Morgan fingerprint density at radius 3 is 2.61 bits per heavy atom. The van der Waals surface area contributed by atoms with Gasteiger partial charge in [0.1, 0.15) is 5.82 Å². The number of benzene rings is 2. The highest BCUT2D eigenvalue weighted by molar-refractivity contribution is 5.91. The van der Waals surface area contributed by atoms with Crippen LogP contribution in [0.2, 0.25) is 0 Å². The normalized spacial score (nSPS) is 16.6. The van der Waals surface area contributed by atoms with Crippen molar-refractivity contribution in [2.45, 2.75) is 25.6 Å². The summed E-state index contributed by atoms with van der Waals surface area (Å²) in [6, 6.07) is 9.73. The van der Waals surface area contributed by atoms with E-state index in [4.69, 9.17) is 5.11 Å². The van der Waals surface area contributed by atoms with Gasteiger partial charge in [0, 0.05) is 24.5 Å². The van der Waals surface area contributed by atoms with Crippen LogP contribution in [-0.4, -0.2) is 44.8 Å². The molecule has 4 rings (SSSR count). The zero-order valence-corrected chi connectivity index (χ0v) is 16.5. The molecule has 2 N–H and O–H groups in total. The minimum absolute atomic E-state index is 0.0692. The third-order valence-electron chi connectivity index (χ3n) is 5.38. The lowest BCUT2D eigenvalue weighted by molar-refractivity contribution is -0.137. The third-order valence-corrected chi connectivity index (χ3v) is 5.38. The molecule has 0 spiro atoms. The summed E-state index contributed by atoms with van der Waals surface area (Å²) < 4.78 is 41.4. The van der Waals surface area contributed by atoms with Gasteiger partial charge in [-0.3, -0.25) is 4.57 Å². The number of fused-ring (bicyclic) bond motifs is 1. The highest BCUT2D eigenvalue weighted by Crippen LogP contribution is 2.33. The number of amides is 1. The van der Waals surface area contributed by atoms with Crippen molar-refractivity contribution in [2.75, 3.05) is 18.4 Å². The van der Waals surface area contributed by atoms with Crippen molar-refractivity contribution in [1.82, 2.24) is 14.5 Å². The predicted molar refractivity (Wildman–Crippen MR) is 109 cm³/mol. The average molecular weight is 432 g/mol. The molecule has 10 heteroatoms. The van der Waals surface area contributed by atoms with Crippen LogP contribution in [0.25, 0.3) is 16.6 Å². The highest BCUT2D eigenvalue weighted by atomic mass is 19.4. The SMILES string of the molecule is Cc1ccccc1-n1c(=O)nc(N[C@H]2CCN(C(=O)O)C2)c2ccc(C(F)(F)F)cc21. The second-order valence-electron chi connectivity index (χ2n) is 7.45. The fourth-order valence-electron chi connectivity index (χ4n) is 3.80. The van der Waals surface area contributed by atoms with Gasteiger partial charge in [0.25, 0.3) is 0 Å². The van der Waals surface area contributed by atoms with Crippen molar-refractivity contribution >= 4 is 22.8 Å². The summed E-state index contributed by atoms with van der Waals surface area (Å²) in [5.41, 5.74) is -0.388. The maximum Gasteiger partial charge on any atom is 0.416 e. The standard InChI is InChI=1S/C21H19F3N4O3/c1-12-4-2-3-5-16(12)28-17-10-13(21(22,23)24)6-7-15(17)18(26-19(28)29)25-14-8-9-27(11-14)20(30)31/h2-7,10,14H,8-9,11H2,1H3,(H,30,31)(H,25,26,29)/t14-/m0/s1. The fourth-order valence-corrected chi connectivity index (χ4v) is 3.80. The van der Waals surface area contributed by atoms with E-state index in [1.54, 1.807) is 31.2 Å². The summed E-state index contributed by atoms with van der Waals surface area (Å²) >= 11 is 0. The van der Waals surface area contributed by atoms with Crippen molar-refractivity contribution < 1.29 is 23.1 Å². The first kappa shape index (κ1) is 20.7. The zero-order chi connectivity index (χ0) is 22.3. The van der Waals surface area contributed by atoms with Crippen LogP contribution < -0.4 is 11.0 Å². The smallest absolute Gasteiger partial charge is 0.416 e. The van der Waals surface area contributed by atoms with Crippen LogP contribution in [-0.2, 0) is 6.18 Å². The summed E-state index contributed by atoms with van der Waals surface area (Å²) in [5, 5.41) is 12.5. The predicted octanol–water partition coefficient (Wildman–Crippen LogP) is 3.88. The molecular weight excluding hydrogens is 413 g/mol. The maximum absolute atomic E-state index is 13.4. The van der Waals surface area contributed by atoms with Crippen LogP contribution in [0.3, 0.4) is 0 Å². The van der Waals surface area contributed by atoms with Crippen LogP contribution in [0.1, 0.15) is 17.5 Å². The van der Waals surface area contributed by atoms with E-state index in [9.17, 15) is 22.8 Å². The largest absolute Gasteiger partial charge is 0.465 e. The first-order chi connectivity index (χ1) is 14.6. The van der Waals surface area contributed by atoms with Gasteiger partial charge in [-0.05, 0) is 43.2 Å². The molecule has 2 heterocycles. The van der Waals surface area contributed by atoms with Gasteiger partial charge in [0.05, 0.1) is 16.8 Å². The minimum Gasteiger partial charge on any atom is -0.465 e. The highest BCUT2D eigenvalue weighted by Gasteiger charge is 2.32. The molecule has 0 bridgehead atoms. The molecule has 1 fully saturated rings. The summed E-state index contributed by atoms with van der Waals surface area (Å²) in [7, 11) is 0. The Morgan fingerprint density at radius 1 is 1.23 bits per heavy atom. The topological polar surface area (TPSA) is 87.5 Å². The lowest BCUT2D eigenvalue weighted by atomic mass is 10.1. The zero-order valence-electron chi connectivity index (χ0n) is 16.5. The minimum atomic E-state index is -4.58. The van der Waals surface area contributed by atoms with Crippen LogP contribution >= 0.6 is 0 Å². The lowest BCUT2D eigenvalue weighted by Gasteiger charge is -2.19. The van der Waals surface area contributed by atoms with E-state index >= 15 is 0 Å². The van der Waals surface area contributed by atoms with Crippen LogP contribution in [0.4, 0.5) is 23.8 Å². The molecule has 0 unspecified atom stereocenters. The monoisotopic (exact) mass is 432 g/mol. The number of aryl methyl sites for hydroxylation is 1. The fraction of sp³-hybridized carbons (Fsp3) is 0.286. The summed E-state index contributed by atoms with van der Waals surface area (Å²) in [6.07, 6.45) is -5.13. The molecular formula is C21H19F3N4O3. The van der Waals surface area contributed by atoms with Gasteiger partial charge >= 0.3 is 18.0 Å². The van der Waals surface area contributed by atoms with Gasteiger partial charge in [0.2, 0.25) is 0 Å². The average Bonchev–Trinajstić information content (AvgIpc) is 3.17. The first-order valence-electron chi connectivity index (χ1n) is 9.59. The number of likely N-dealkylation sites (tertiary alicyclic amines) is 1. The molecule has 2 aromatic carbocycles. The van der Waals surface area contributed by atoms with E-state index < -0.39 is 23.5 Å². The summed E-state index contributed by atoms with van der Waals surface area (Å²) in [6.45, 7) is 2.27. The Bertz CT molecular complexity index is 1220. The van der Waals surface area contributed by atoms with E-state index in [1.807, 2.05) is 0 Å². The number of anilines is 1. The Labute approximate surface area is 174 Å². The van der Waals surface area contributed by atoms with Gasteiger partial charge < -0.3 is 15.3 Å². The second-order valence-corrected chi connectivity index (χ2v) is 7.45. The number of alkyl halides is 3. The Hall–Kier alpha value is -3.56. The molecule has 0 saturated carbocycles. The molecule has 162 valence electrons. The molecule has 31 heavy (non-hydrogen) atoms. The molecule has 3 aromatic rings. The number of hydrogen-bond acceptors (Lipinski definition) is 4. The second kappa shape index (κ2) is 7.60. The van der Waals surface area contributed by atoms with Crippen molar-refractivity contribution in [3.8, 4) is 5.69 Å². The summed E-state index contributed by atoms with van der Waals surface area (Å²) in [4.78, 5) is 29.4. The molecule has 1 atom stereocenters. The van der Waals surface area contributed by atoms with Gasteiger partial charge in [-0.2, -0.15) is 18.2 Å². The number of halogens is 3. The maximum atomic E-state index is 13.4. The van der Waals surface area contributed by atoms with Crippen LogP contribution in [0, 0.1) is 6.92 Å². The number of rotatable bonds is 3. The number of carbonyl (C=O) groups is 1. The Balaban J connectivity index is 1.88. The van der Waals surface area contributed by atoms with Crippen LogP contribution in [0.15, 0.2) is 47.3 Å². The molecule has 0 radical (unpaired) electrons. The number of para-hydroxylation sites is 1. The number of aromatic nitrogens is 2. The quantitative estimate of drug-likeness (QED) is 0.656. The van der Waals surface area contributed by atoms with E-state index in [2.05, 4.69) is 10.3 Å². The molecule has 0 aliphatic carbocycles. The lowest BCUT2D eigenvalue weighted by Crippen LogP contribution is -2.31. The first-order valence-corrected chi connectivity index (χ1v) is 9.59. The Kier molecular flexibility index (Phi) is 5.08. The molecule has 1 aromatic heterocycles. The summed E-state index contributed by atoms with van der Waals surface area (Å²) in [5.74, 6) is 0.135. The number of nitrogens with one attached hydrogen (secondary N) is 1. The number of carboxylic acid groups (broad SMARTS) is 1. The van der Waals surface area contributed by atoms with Gasteiger partial charge in [-0.1, -0.05) is 18.2 Å². The van der Waals surface area contributed by atoms with Gasteiger partial charge in [0.15, 0.2) is 0 Å². The van der Waals surface area contributed by atoms with E-state index in [0.29, 0.717) is 29.6 Å². The molecule has 1 amide bonds. The van der Waals surface area contributed by atoms with Crippen molar-refractivity contribution in [2.24, 2.45) is 0 Å². The number of hydrogen-bond donors (Lipinski definition) is 2. The van der Waals surface area contributed by atoms with Gasteiger partial charge in [-0.25, -0.2) is 9.59 Å². The van der Waals surface area contributed by atoms with Gasteiger partial charge in [-0.15, -0.1) is 0 Å². The number of nitrogens with zero attached hydrogens (tertiary/aromatic N) is 3. The van der Waals surface area contributed by atoms with Crippen molar-refractivity contribution in [3.63, 3.8) is 0 Å². The molecule has 1 saturated heterocycles. The van der Waals surface area contributed by atoms with Crippen molar-refractivity contribution in [3.05, 3.63) is 64.1 Å².